The van der Waals surface area contributed by atoms with Crippen molar-refractivity contribution in [2.45, 2.75) is 57.5 Å². The average Bonchev–Trinajstić information content (AvgIpc) is 2.44. The normalized spacial score (nSPS) is 32.2. The van der Waals surface area contributed by atoms with Crippen LogP contribution in [0.5, 0.6) is 0 Å². The zero-order valence-electron chi connectivity index (χ0n) is 8.14. The molecule has 2 aliphatic rings. The van der Waals surface area contributed by atoms with E-state index in [9.17, 15) is 0 Å². The van der Waals surface area contributed by atoms with Gasteiger partial charge in [-0.15, -0.1) is 0 Å². The van der Waals surface area contributed by atoms with Gasteiger partial charge in [-0.3, -0.25) is 0 Å². The molecule has 1 heterocycles. The molecule has 0 radical (unpaired) electrons. The second-order valence-electron chi connectivity index (χ2n) is 4.56. The summed E-state index contributed by atoms with van der Waals surface area (Å²) in [6.07, 6.45) is 9.59. The summed E-state index contributed by atoms with van der Waals surface area (Å²) in [6, 6.07) is 0. The molecule has 1 heteroatoms. The molecule has 1 unspecified atom stereocenters. The Labute approximate surface area is 75.5 Å². The third-order valence-electron chi connectivity index (χ3n) is 3.52. The van der Waals surface area contributed by atoms with Crippen molar-refractivity contribution in [3.63, 3.8) is 0 Å². The summed E-state index contributed by atoms with van der Waals surface area (Å²) in [4.78, 5) is 0. The number of hydrogen-bond acceptors (Lipinski definition) is 1. The minimum Gasteiger partial charge on any atom is -0.375 e. The average molecular weight is 168 g/mol. The maximum atomic E-state index is 5.89. The van der Waals surface area contributed by atoms with Gasteiger partial charge < -0.3 is 4.74 Å². The summed E-state index contributed by atoms with van der Waals surface area (Å²) < 4.78 is 5.89. The SMILES string of the molecule is CCCCC1COC2(CCC2)C1. The molecule has 0 amide bonds. The van der Waals surface area contributed by atoms with Gasteiger partial charge in [0.2, 0.25) is 0 Å². The van der Waals surface area contributed by atoms with Crippen molar-refractivity contribution in [2.75, 3.05) is 6.61 Å². The zero-order chi connectivity index (χ0) is 8.44. The maximum absolute atomic E-state index is 5.89. The first-order valence-electron chi connectivity index (χ1n) is 5.49. The Bertz CT molecular complexity index is 147. The molecule has 1 aliphatic carbocycles. The van der Waals surface area contributed by atoms with Crippen molar-refractivity contribution < 1.29 is 4.74 Å². The van der Waals surface area contributed by atoms with Crippen molar-refractivity contribution in [2.24, 2.45) is 5.92 Å². The summed E-state index contributed by atoms with van der Waals surface area (Å²) in [5.41, 5.74) is 0.387. The van der Waals surface area contributed by atoms with Gasteiger partial charge in [-0.1, -0.05) is 19.8 Å². The molecule has 1 saturated carbocycles. The summed E-state index contributed by atoms with van der Waals surface area (Å²) in [5.74, 6) is 0.894. The van der Waals surface area contributed by atoms with Crippen LogP contribution in [0.4, 0.5) is 0 Å². The first kappa shape index (κ1) is 8.55. The molecule has 2 rings (SSSR count). The van der Waals surface area contributed by atoms with Gasteiger partial charge in [-0.05, 0) is 38.0 Å². The van der Waals surface area contributed by atoms with Gasteiger partial charge in [-0.25, -0.2) is 0 Å². The lowest BCUT2D eigenvalue weighted by Gasteiger charge is -2.37. The largest absolute Gasteiger partial charge is 0.375 e. The van der Waals surface area contributed by atoms with Crippen molar-refractivity contribution in [1.29, 1.82) is 0 Å². The van der Waals surface area contributed by atoms with Crippen molar-refractivity contribution >= 4 is 0 Å². The second-order valence-corrected chi connectivity index (χ2v) is 4.56. The first-order chi connectivity index (χ1) is 5.85. The Kier molecular flexibility index (Phi) is 2.40. The van der Waals surface area contributed by atoms with E-state index in [1.54, 1.807) is 0 Å². The maximum Gasteiger partial charge on any atom is 0.0686 e. The van der Waals surface area contributed by atoms with E-state index in [1.165, 1.54) is 44.9 Å². The predicted octanol–water partition coefficient (Wildman–Crippen LogP) is 3.14. The molecule has 70 valence electrons. The van der Waals surface area contributed by atoms with Gasteiger partial charge in [0.05, 0.1) is 12.2 Å². The van der Waals surface area contributed by atoms with E-state index in [0.717, 1.165) is 12.5 Å². The third-order valence-corrected chi connectivity index (χ3v) is 3.52. The Morgan fingerprint density at radius 3 is 2.75 bits per heavy atom. The standard InChI is InChI=1S/C11H20O/c1-2-3-5-10-8-11(12-9-10)6-4-7-11/h10H,2-9H2,1H3. The topological polar surface area (TPSA) is 9.23 Å². The lowest BCUT2D eigenvalue weighted by atomic mass is 9.76. The van der Waals surface area contributed by atoms with Crippen molar-refractivity contribution in [3.05, 3.63) is 0 Å². The van der Waals surface area contributed by atoms with Crippen LogP contribution in [0.25, 0.3) is 0 Å². The molecule has 12 heavy (non-hydrogen) atoms. The van der Waals surface area contributed by atoms with Crippen LogP contribution < -0.4 is 0 Å². The monoisotopic (exact) mass is 168 g/mol. The smallest absolute Gasteiger partial charge is 0.0686 e. The van der Waals surface area contributed by atoms with E-state index in [2.05, 4.69) is 6.92 Å². The molecule has 1 spiro atoms. The summed E-state index contributed by atoms with van der Waals surface area (Å²) in [6.45, 7) is 3.33. The lowest BCUT2D eigenvalue weighted by molar-refractivity contribution is -0.0564. The van der Waals surface area contributed by atoms with Gasteiger partial charge >= 0.3 is 0 Å². The number of rotatable bonds is 3. The third kappa shape index (κ3) is 1.52. The lowest BCUT2D eigenvalue weighted by Crippen LogP contribution is -2.35. The highest BCUT2D eigenvalue weighted by molar-refractivity contribution is 4.95. The van der Waals surface area contributed by atoms with Gasteiger partial charge in [0.25, 0.3) is 0 Å². The minimum absolute atomic E-state index is 0.387. The van der Waals surface area contributed by atoms with Crippen LogP contribution in [0.2, 0.25) is 0 Å². The van der Waals surface area contributed by atoms with Crippen LogP contribution in [0, 0.1) is 5.92 Å². The molecule has 0 N–H and O–H groups in total. The quantitative estimate of drug-likeness (QED) is 0.629. The fourth-order valence-corrected chi connectivity index (χ4v) is 2.54. The Hall–Kier alpha value is -0.0400. The summed E-state index contributed by atoms with van der Waals surface area (Å²) >= 11 is 0. The molecule has 0 aromatic carbocycles. The van der Waals surface area contributed by atoms with Gasteiger partial charge in [-0.2, -0.15) is 0 Å². The Balaban J connectivity index is 1.74. The molecular formula is C11H20O. The highest BCUT2D eigenvalue weighted by Gasteiger charge is 2.44. The Morgan fingerprint density at radius 2 is 2.25 bits per heavy atom. The van der Waals surface area contributed by atoms with Crippen LogP contribution in [-0.4, -0.2) is 12.2 Å². The van der Waals surface area contributed by atoms with Crippen LogP contribution in [0.15, 0.2) is 0 Å². The second kappa shape index (κ2) is 3.37. The van der Waals surface area contributed by atoms with E-state index >= 15 is 0 Å². The van der Waals surface area contributed by atoms with Crippen LogP contribution in [0.3, 0.4) is 0 Å². The molecular weight excluding hydrogens is 148 g/mol. The van der Waals surface area contributed by atoms with Gasteiger partial charge in [0.15, 0.2) is 0 Å². The summed E-state index contributed by atoms with van der Waals surface area (Å²) in [5, 5.41) is 0. The predicted molar refractivity (Wildman–Crippen MR) is 50.2 cm³/mol. The van der Waals surface area contributed by atoms with Gasteiger partial charge in [0, 0.05) is 0 Å². The van der Waals surface area contributed by atoms with Crippen LogP contribution in [0.1, 0.15) is 51.9 Å². The first-order valence-corrected chi connectivity index (χ1v) is 5.49. The molecule has 0 bridgehead atoms. The number of hydrogen-bond donors (Lipinski definition) is 0. The highest BCUT2D eigenvalue weighted by Crippen LogP contribution is 2.46. The van der Waals surface area contributed by atoms with E-state index in [-0.39, 0.29) is 0 Å². The molecule has 0 aromatic rings. The van der Waals surface area contributed by atoms with Crippen LogP contribution >= 0.6 is 0 Å². The van der Waals surface area contributed by atoms with Crippen molar-refractivity contribution in [1.82, 2.24) is 0 Å². The molecule has 1 atom stereocenters. The highest BCUT2D eigenvalue weighted by atomic mass is 16.5. The molecule has 0 aromatic heterocycles. The zero-order valence-corrected chi connectivity index (χ0v) is 8.14. The van der Waals surface area contributed by atoms with E-state index in [0.29, 0.717) is 5.60 Å². The van der Waals surface area contributed by atoms with Crippen LogP contribution in [-0.2, 0) is 4.74 Å². The minimum atomic E-state index is 0.387. The molecule has 1 aliphatic heterocycles. The molecule has 1 nitrogen and oxygen atoms in total. The fraction of sp³-hybridized carbons (Fsp3) is 1.00. The number of unbranched alkanes of at least 4 members (excludes halogenated alkanes) is 1. The van der Waals surface area contributed by atoms with E-state index in [4.69, 9.17) is 4.74 Å². The van der Waals surface area contributed by atoms with E-state index in [1.807, 2.05) is 0 Å². The molecule has 2 fully saturated rings. The molecule has 1 saturated heterocycles. The Morgan fingerprint density at radius 1 is 1.42 bits per heavy atom. The number of ether oxygens (including phenoxy) is 1. The van der Waals surface area contributed by atoms with E-state index < -0.39 is 0 Å². The van der Waals surface area contributed by atoms with Gasteiger partial charge in [0.1, 0.15) is 0 Å². The fourth-order valence-electron chi connectivity index (χ4n) is 2.54. The summed E-state index contributed by atoms with van der Waals surface area (Å²) in [7, 11) is 0. The van der Waals surface area contributed by atoms with Crippen molar-refractivity contribution in [3.8, 4) is 0 Å².